The summed E-state index contributed by atoms with van der Waals surface area (Å²) >= 11 is 1.64. The lowest BCUT2D eigenvalue weighted by molar-refractivity contribution is 0.213. The minimum absolute atomic E-state index is 0.0814. The van der Waals surface area contributed by atoms with E-state index >= 15 is 0 Å². The average molecular weight is 349 g/mol. The van der Waals surface area contributed by atoms with Crippen LogP contribution >= 0.6 is 11.3 Å². The maximum atomic E-state index is 13.8. The van der Waals surface area contributed by atoms with Crippen molar-refractivity contribution in [3.63, 3.8) is 0 Å². The zero-order valence-corrected chi connectivity index (χ0v) is 14.9. The van der Waals surface area contributed by atoms with Crippen LogP contribution in [0.1, 0.15) is 18.2 Å². The van der Waals surface area contributed by atoms with Crippen LogP contribution in [0.5, 0.6) is 0 Å². The topological polar surface area (TPSA) is 43.9 Å². The summed E-state index contributed by atoms with van der Waals surface area (Å²) in [5.74, 6) is 0. The lowest BCUT2D eigenvalue weighted by Gasteiger charge is -2.29. The summed E-state index contributed by atoms with van der Waals surface area (Å²) in [5.41, 5.74) is 0. The molecular weight excluding hydrogens is 325 g/mol. The van der Waals surface area contributed by atoms with Gasteiger partial charge in [-0.25, -0.2) is 4.39 Å². The second kappa shape index (κ2) is 7.35. The van der Waals surface area contributed by atoms with E-state index in [4.69, 9.17) is 0 Å². The van der Waals surface area contributed by atoms with Gasteiger partial charge >= 0.3 is 0 Å². The summed E-state index contributed by atoms with van der Waals surface area (Å²) < 4.78 is 41.0. The molecule has 0 saturated carbocycles. The molecule has 1 aromatic heterocycles. The van der Waals surface area contributed by atoms with E-state index in [-0.39, 0.29) is 6.04 Å². The molecule has 0 radical (unpaired) electrons. The molecule has 0 aliphatic carbocycles. The van der Waals surface area contributed by atoms with Gasteiger partial charge in [-0.15, -0.1) is 11.3 Å². The third-order valence-corrected chi connectivity index (χ3v) is 6.96. The summed E-state index contributed by atoms with van der Waals surface area (Å²) in [6.07, 6.45) is -0.494. The fraction of sp³-hybridized carbons (Fsp3) is 0.714. The molecule has 1 aliphatic heterocycles. The normalized spacial score (nSPS) is 23.7. The van der Waals surface area contributed by atoms with Crippen LogP contribution in [0.4, 0.5) is 4.39 Å². The van der Waals surface area contributed by atoms with E-state index in [0.29, 0.717) is 32.6 Å². The van der Waals surface area contributed by atoms with E-state index in [1.165, 1.54) is 13.5 Å². The molecule has 1 fully saturated rings. The van der Waals surface area contributed by atoms with Crippen LogP contribution in [0.3, 0.4) is 0 Å². The zero-order valence-electron chi connectivity index (χ0n) is 13.3. The van der Waals surface area contributed by atoms with Gasteiger partial charge < -0.3 is 0 Å². The van der Waals surface area contributed by atoms with Crippen LogP contribution in [0.15, 0.2) is 17.5 Å². The molecule has 1 aromatic rings. The fourth-order valence-electron chi connectivity index (χ4n) is 2.70. The standard InChI is InChI=1S/C14H24FN3O2S2/c1-4-16(2)22(19,20)17(3)10-13-8-12(15)9-18(13)11-14-6-5-7-21-14/h5-7,12-13H,4,8-11H2,1-3H3/t12-,13-/m0/s1. The largest absolute Gasteiger partial charge is 0.291 e. The van der Waals surface area contributed by atoms with Crippen molar-refractivity contribution < 1.29 is 12.8 Å². The molecule has 0 unspecified atom stereocenters. The Hall–Kier alpha value is -0.540. The lowest BCUT2D eigenvalue weighted by Crippen LogP contribution is -2.45. The number of halogens is 1. The number of hydrogen-bond acceptors (Lipinski definition) is 4. The van der Waals surface area contributed by atoms with Crippen molar-refractivity contribution in [3.8, 4) is 0 Å². The Morgan fingerprint density at radius 1 is 1.41 bits per heavy atom. The number of alkyl halides is 1. The Balaban J connectivity index is 2.03. The van der Waals surface area contributed by atoms with Gasteiger partial charge in [-0.05, 0) is 17.9 Å². The van der Waals surface area contributed by atoms with Crippen LogP contribution in [0.2, 0.25) is 0 Å². The third kappa shape index (κ3) is 4.05. The van der Waals surface area contributed by atoms with Gasteiger partial charge in [-0.1, -0.05) is 13.0 Å². The zero-order chi connectivity index (χ0) is 16.3. The first kappa shape index (κ1) is 17.8. The Morgan fingerprint density at radius 2 is 2.14 bits per heavy atom. The molecular formula is C14H24FN3O2S2. The highest BCUT2D eigenvalue weighted by Crippen LogP contribution is 2.25. The second-order valence-electron chi connectivity index (χ2n) is 5.70. The molecule has 22 heavy (non-hydrogen) atoms. The van der Waals surface area contributed by atoms with Crippen LogP contribution in [0.25, 0.3) is 0 Å². The summed E-state index contributed by atoms with van der Waals surface area (Å²) in [4.78, 5) is 3.23. The van der Waals surface area contributed by atoms with E-state index in [0.717, 1.165) is 0 Å². The smallest absolute Gasteiger partial charge is 0.281 e. The highest BCUT2D eigenvalue weighted by Gasteiger charge is 2.35. The van der Waals surface area contributed by atoms with Crippen molar-refractivity contribution in [3.05, 3.63) is 22.4 Å². The number of likely N-dealkylation sites (N-methyl/N-ethyl adjacent to an activating group) is 1. The molecule has 2 rings (SSSR count). The van der Waals surface area contributed by atoms with Crippen molar-refractivity contribution in [2.75, 3.05) is 33.7 Å². The number of likely N-dealkylation sites (tertiary alicyclic amines) is 1. The molecule has 0 spiro atoms. The average Bonchev–Trinajstić information content (AvgIpc) is 3.08. The van der Waals surface area contributed by atoms with Crippen LogP contribution < -0.4 is 0 Å². The maximum Gasteiger partial charge on any atom is 0.281 e. The number of hydrogen-bond donors (Lipinski definition) is 0. The van der Waals surface area contributed by atoms with Gasteiger partial charge in [0.25, 0.3) is 10.2 Å². The molecule has 1 saturated heterocycles. The van der Waals surface area contributed by atoms with Crippen molar-refractivity contribution in [2.45, 2.75) is 32.1 Å². The molecule has 0 aromatic carbocycles. The van der Waals surface area contributed by atoms with E-state index in [1.54, 1.807) is 32.4 Å². The van der Waals surface area contributed by atoms with Crippen LogP contribution in [-0.4, -0.2) is 67.9 Å². The van der Waals surface area contributed by atoms with Crippen LogP contribution in [-0.2, 0) is 16.8 Å². The Bertz CT molecular complexity index is 565. The molecule has 126 valence electrons. The van der Waals surface area contributed by atoms with Gasteiger partial charge in [0, 0.05) is 51.2 Å². The highest BCUT2D eigenvalue weighted by molar-refractivity contribution is 7.86. The van der Waals surface area contributed by atoms with Crippen molar-refractivity contribution >= 4 is 21.5 Å². The Morgan fingerprint density at radius 3 is 2.73 bits per heavy atom. The van der Waals surface area contributed by atoms with E-state index < -0.39 is 16.4 Å². The molecule has 0 amide bonds. The Labute approximate surface area is 136 Å². The summed E-state index contributed by atoms with van der Waals surface area (Å²) in [6, 6.07) is 3.92. The number of rotatable bonds is 7. The van der Waals surface area contributed by atoms with Gasteiger partial charge in [0.15, 0.2) is 0 Å². The molecule has 2 heterocycles. The number of nitrogens with zero attached hydrogens (tertiary/aromatic N) is 3. The lowest BCUT2D eigenvalue weighted by atomic mass is 10.2. The summed E-state index contributed by atoms with van der Waals surface area (Å²) in [6.45, 7) is 3.59. The molecule has 2 atom stereocenters. The van der Waals surface area contributed by atoms with Crippen molar-refractivity contribution in [2.24, 2.45) is 0 Å². The second-order valence-corrected chi connectivity index (χ2v) is 8.87. The molecule has 1 aliphatic rings. The minimum atomic E-state index is -3.46. The van der Waals surface area contributed by atoms with Gasteiger partial charge in [-0.3, -0.25) is 4.90 Å². The molecule has 0 bridgehead atoms. The van der Waals surface area contributed by atoms with Crippen LogP contribution in [0, 0.1) is 0 Å². The van der Waals surface area contributed by atoms with E-state index in [2.05, 4.69) is 4.90 Å². The van der Waals surface area contributed by atoms with Crippen molar-refractivity contribution in [1.29, 1.82) is 0 Å². The van der Waals surface area contributed by atoms with Gasteiger partial charge in [0.05, 0.1) is 0 Å². The maximum absolute atomic E-state index is 13.8. The first-order valence-corrected chi connectivity index (χ1v) is 9.70. The first-order chi connectivity index (χ1) is 10.3. The monoisotopic (exact) mass is 349 g/mol. The van der Waals surface area contributed by atoms with Gasteiger partial charge in [0.2, 0.25) is 0 Å². The van der Waals surface area contributed by atoms with Gasteiger partial charge in [0.1, 0.15) is 6.17 Å². The van der Waals surface area contributed by atoms with Gasteiger partial charge in [-0.2, -0.15) is 17.0 Å². The molecule has 8 heteroatoms. The minimum Gasteiger partial charge on any atom is -0.291 e. The van der Waals surface area contributed by atoms with Crippen molar-refractivity contribution in [1.82, 2.24) is 13.5 Å². The summed E-state index contributed by atoms with van der Waals surface area (Å²) in [5, 5.41) is 2.00. The predicted molar refractivity (Wildman–Crippen MR) is 87.9 cm³/mol. The van der Waals surface area contributed by atoms with E-state index in [9.17, 15) is 12.8 Å². The highest BCUT2D eigenvalue weighted by atomic mass is 32.2. The SMILES string of the molecule is CCN(C)S(=O)(=O)N(C)C[C@@H]1C[C@H](F)CN1Cc1cccs1. The summed E-state index contributed by atoms with van der Waals surface area (Å²) in [7, 11) is -0.336. The quantitative estimate of drug-likeness (QED) is 0.754. The number of thiophene rings is 1. The first-order valence-electron chi connectivity index (χ1n) is 7.42. The Kier molecular flexibility index (Phi) is 5.95. The van der Waals surface area contributed by atoms with E-state index in [1.807, 2.05) is 17.5 Å². The predicted octanol–water partition coefficient (Wildman–Crippen LogP) is 1.79. The third-order valence-electron chi connectivity index (χ3n) is 4.12. The molecule has 5 nitrogen and oxygen atoms in total. The molecule has 0 N–H and O–H groups in total. The fourth-order valence-corrected chi connectivity index (χ4v) is 4.59.